The second-order valence-electron chi connectivity index (χ2n) is 11.1. The number of nitrogens with zero attached hydrogens (tertiary/aromatic N) is 2. The van der Waals surface area contributed by atoms with Crippen LogP contribution in [0.2, 0.25) is 0 Å². The summed E-state index contributed by atoms with van der Waals surface area (Å²) in [5.74, 6) is -1.56. The highest BCUT2D eigenvalue weighted by atomic mass is 16.5. The molecule has 1 aromatic rings. The van der Waals surface area contributed by atoms with Crippen molar-refractivity contribution >= 4 is 23.5 Å². The summed E-state index contributed by atoms with van der Waals surface area (Å²) in [6.07, 6.45) is 9.68. The first kappa shape index (κ1) is 24.2. The van der Waals surface area contributed by atoms with E-state index in [4.69, 9.17) is 4.74 Å². The Hall–Kier alpha value is -2.51. The van der Waals surface area contributed by atoms with E-state index in [1.807, 2.05) is 0 Å². The van der Waals surface area contributed by atoms with Gasteiger partial charge in [0.15, 0.2) is 0 Å². The van der Waals surface area contributed by atoms with E-state index in [-0.39, 0.29) is 41.5 Å². The number of aliphatic hydroxyl groups is 1. The Labute approximate surface area is 207 Å². The first-order chi connectivity index (χ1) is 16.8. The van der Waals surface area contributed by atoms with E-state index in [1.165, 1.54) is 0 Å². The van der Waals surface area contributed by atoms with Crippen LogP contribution in [0.1, 0.15) is 69.2 Å². The monoisotopic (exact) mass is 480 g/mol. The lowest BCUT2D eigenvalue weighted by Gasteiger charge is -2.66. The number of piperidine rings is 1. The van der Waals surface area contributed by atoms with Crippen LogP contribution in [0.5, 0.6) is 0 Å². The zero-order chi connectivity index (χ0) is 24.8. The summed E-state index contributed by atoms with van der Waals surface area (Å²) < 4.78 is 5.99. The number of likely N-dealkylation sites (tertiary alicyclic amines) is 1. The third-order valence-electron chi connectivity index (χ3n) is 9.15. The quantitative estimate of drug-likeness (QED) is 0.393. The molecule has 2 heterocycles. The molecule has 2 amide bonds. The van der Waals surface area contributed by atoms with Gasteiger partial charge in [0.1, 0.15) is 6.61 Å². The lowest BCUT2D eigenvalue weighted by molar-refractivity contribution is -0.254. The summed E-state index contributed by atoms with van der Waals surface area (Å²) in [5.41, 5.74) is -1.22. The van der Waals surface area contributed by atoms with E-state index in [2.05, 4.69) is 24.0 Å². The maximum atomic E-state index is 13.4. The molecular weight excluding hydrogens is 444 g/mol. The number of carbonyl (C=O) groups is 3. The number of hydrogen-bond acceptors (Lipinski definition) is 6. The minimum Gasteiger partial charge on any atom is -0.461 e. The summed E-state index contributed by atoms with van der Waals surface area (Å²) in [6, 6.07) is 6.65. The van der Waals surface area contributed by atoms with E-state index in [1.54, 1.807) is 31.2 Å². The first-order valence-electron chi connectivity index (χ1n) is 13.0. The van der Waals surface area contributed by atoms with Gasteiger partial charge in [0.05, 0.1) is 16.9 Å². The second kappa shape index (κ2) is 8.86. The fourth-order valence-corrected chi connectivity index (χ4v) is 7.27. The van der Waals surface area contributed by atoms with Crippen LogP contribution in [0, 0.1) is 16.7 Å². The Morgan fingerprint density at radius 3 is 2.69 bits per heavy atom. The molecule has 2 aliphatic heterocycles. The highest BCUT2D eigenvalue weighted by Gasteiger charge is 2.67. The maximum Gasteiger partial charge on any atom is 0.340 e. The van der Waals surface area contributed by atoms with Crippen molar-refractivity contribution in [3.05, 3.63) is 42.0 Å². The average Bonchev–Trinajstić information content (AvgIpc) is 2.97. The van der Waals surface area contributed by atoms with Gasteiger partial charge in [0.25, 0.3) is 0 Å². The second-order valence-corrected chi connectivity index (χ2v) is 11.1. The van der Waals surface area contributed by atoms with Crippen LogP contribution < -0.4 is 4.90 Å². The third kappa shape index (κ3) is 3.66. The van der Waals surface area contributed by atoms with Crippen molar-refractivity contribution in [1.82, 2.24) is 4.90 Å². The lowest BCUT2D eigenvalue weighted by atomic mass is 9.47. The third-order valence-corrected chi connectivity index (χ3v) is 9.15. The molecule has 4 atom stereocenters. The predicted molar refractivity (Wildman–Crippen MR) is 132 cm³/mol. The minimum atomic E-state index is -0.937. The molecule has 188 valence electrons. The fourth-order valence-electron chi connectivity index (χ4n) is 7.27. The van der Waals surface area contributed by atoms with Crippen LogP contribution >= 0.6 is 0 Å². The number of esters is 1. The van der Waals surface area contributed by atoms with E-state index in [0.29, 0.717) is 13.0 Å². The van der Waals surface area contributed by atoms with E-state index >= 15 is 0 Å². The molecule has 35 heavy (non-hydrogen) atoms. The van der Waals surface area contributed by atoms with Crippen LogP contribution in [0.25, 0.3) is 0 Å². The number of carbonyl (C=O) groups excluding carboxylic acids is 3. The van der Waals surface area contributed by atoms with Crippen molar-refractivity contribution in [2.75, 3.05) is 31.1 Å². The zero-order valence-corrected chi connectivity index (χ0v) is 20.8. The molecule has 7 nitrogen and oxygen atoms in total. The normalized spacial score (nSPS) is 35.1. The summed E-state index contributed by atoms with van der Waals surface area (Å²) in [6.45, 7) is 6.43. The van der Waals surface area contributed by atoms with Gasteiger partial charge in [-0.3, -0.25) is 9.59 Å². The molecule has 2 saturated heterocycles. The number of amides is 2. The van der Waals surface area contributed by atoms with Gasteiger partial charge in [-0.25, -0.2) is 9.69 Å². The average molecular weight is 481 g/mol. The van der Waals surface area contributed by atoms with E-state index in [9.17, 15) is 19.5 Å². The Kier molecular flexibility index (Phi) is 6.12. The molecule has 0 spiro atoms. The highest BCUT2D eigenvalue weighted by molar-refractivity contribution is 6.22. The van der Waals surface area contributed by atoms with Crippen molar-refractivity contribution in [3.8, 4) is 0 Å². The number of anilines is 1. The van der Waals surface area contributed by atoms with Crippen molar-refractivity contribution < 1.29 is 24.2 Å². The molecule has 2 aliphatic carbocycles. The van der Waals surface area contributed by atoms with Crippen LogP contribution in [-0.2, 0) is 14.3 Å². The van der Waals surface area contributed by atoms with Gasteiger partial charge in [-0.2, -0.15) is 0 Å². The Bertz CT molecular complexity index is 1070. The molecule has 0 radical (unpaired) electrons. The summed E-state index contributed by atoms with van der Waals surface area (Å²) >= 11 is 0. The van der Waals surface area contributed by atoms with Crippen LogP contribution in [-0.4, -0.2) is 59.6 Å². The number of allylic oxidation sites excluding steroid dienone is 1. The molecule has 1 saturated carbocycles. The standard InChI is InChI=1S/C28H36N2O5/c1-3-29-17-26-12-7-4-8-15-28(26,34)27(18-29,14-9-13-26)19-35-25(33)21-10-5-6-11-22(21)30-23(31)16-20(2)24(30)32/h4-6,8,10-11,20,34H,3,7,9,12-19H2,1-2H3/t20-,26+,27-,28-/m0/s1. The molecule has 3 fully saturated rings. The molecule has 4 aliphatic rings. The smallest absolute Gasteiger partial charge is 0.340 e. The van der Waals surface area contributed by atoms with Gasteiger partial charge in [0.2, 0.25) is 11.8 Å². The van der Waals surface area contributed by atoms with Crippen molar-refractivity contribution in [1.29, 1.82) is 0 Å². The van der Waals surface area contributed by atoms with Gasteiger partial charge in [-0.05, 0) is 50.8 Å². The Morgan fingerprint density at radius 2 is 1.94 bits per heavy atom. The largest absolute Gasteiger partial charge is 0.461 e. The highest BCUT2D eigenvalue weighted by Crippen LogP contribution is 2.62. The molecule has 7 heteroatoms. The van der Waals surface area contributed by atoms with Crippen molar-refractivity contribution in [2.24, 2.45) is 16.7 Å². The van der Waals surface area contributed by atoms with Gasteiger partial charge in [-0.15, -0.1) is 0 Å². The van der Waals surface area contributed by atoms with E-state index < -0.39 is 22.9 Å². The van der Waals surface area contributed by atoms with Gasteiger partial charge < -0.3 is 14.7 Å². The summed E-state index contributed by atoms with van der Waals surface area (Å²) in [5, 5.41) is 12.3. The molecule has 5 rings (SSSR count). The Morgan fingerprint density at radius 1 is 1.14 bits per heavy atom. The van der Waals surface area contributed by atoms with Crippen molar-refractivity contribution in [3.63, 3.8) is 0 Å². The fraction of sp³-hybridized carbons (Fsp3) is 0.607. The number of imide groups is 1. The van der Waals surface area contributed by atoms with Crippen LogP contribution in [0.3, 0.4) is 0 Å². The van der Waals surface area contributed by atoms with Gasteiger partial charge in [-0.1, -0.05) is 44.6 Å². The zero-order valence-electron chi connectivity index (χ0n) is 20.8. The Balaban J connectivity index is 1.44. The molecule has 1 N–H and O–H groups in total. The predicted octanol–water partition coefficient (Wildman–Crippen LogP) is 3.71. The SMILES string of the molecule is CCN1C[C@]23CCC=CC[C@@]2(O)[C@@](COC(=O)c2ccccc2N2C(=O)C[C@H](C)C2=O)(CCC3)C1. The molecule has 0 unspecified atom stereocenters. The number of benzene rings is 1. The van der Waals surface area contributed by atoms with E-state index in [0.717, 1.165) is 50.1 Å². The number of para-hydroxylation sites is 1. The molecule has 1 aromatic carbocycles. The molecule has 0 aromatic heterocycles. The minimum absolute atomic E-state index is 0.112. The molecular formula is C28H36N2O5. The van der Waals surface area contributed by atoms with Crippen LogP contribution in [0.4, 0.5) is 5.69 Å². The topological polar surface area (TPSA) is 87.2 Å². The molecule has 2 bridgehead atoms. The van der Waals surface area contributed by atoms with Gasteiger partial charge >= 0.3 is 5.97 Å². The first-order valence-corrected chi connectivity index (χ1v) is 13.0. The summed E-state index contributed by atoms with van der Waals surface area (Å²) in [4.78, 5) is 42.1. The van der Waals surface area contributed by atoms with Crippen molar-refractivity contribution in [2.45, 2.75) is 64.4 Å². The number of ether oxygens (including phenoxy) is 1. The number of rotatable bonds is 5. The number of hydrogen-bond donors (Lipinski definition) is 1. The van der Waals surface area contributed by atoms with Crippen LogP contribution in [0.15, 0.2) is 36.4 Å². The summed E-state index contributed by atoms with van der Waals surface area (Å²) in [7, 11) is 0. The maximum absolute atomic E-state index is 13.4. The van der Waals surface area contributed by atoms with Gasteiger partial charge in [0, 0.05) is 36.3 Å². The lowest BCUT2D eigenvalue weighted by Crippen LogP contribution is -2.73.